The van der Waals surface area contributed by atoms with Crippen molar-refractivity contribution < 1.29 is 4.74 Å². The Morgan fingerprint density at radius 1 is 1.27 bits per heavy atom. The molecule has 0 bridgehead atoms. The van der Waals surface area contributed by atoms with Crippen LogP contribution in [-0.4, -0.2) is 21.5 Å². The Morgan fingerprint density at radius 2 is 1.93 bits per heavy atom. The molecule has 2 aromatic rings. The van der Waals surface area contributed by atoms with Crippen molar-refractivity contribution in [3.05, 3.63) is 18.1 Å². The van der Waals surface area contributed by atoms with Crippen molar-refractivity contribution in [1.29, 1.82) is 0 Å². The summed E-state index contributed by atoms with van der Waals surface area (Å²) in [5, 5.41) is 0. The molecule has 2 rings (SSSR count). The van der Waals surface area contributed by atoms with Crippen LogP contribution in [-0.2, 0) is 0 Å². The number of hydrogen-bond donors (Lipinski definition) is 1. The van der Waals surface area contributed by atoms with E-state index >= 15 is 0 Å². The van der Waals surface area contributed by atoms with E-state index in [4.69, 9.17) is 10.5 Å². The number of anilines is 1. The number of nitrogen functional groups attached to an aromatic ring is 1. The lowest BCUT2D eigenvalue weighted by atomic mass is 10.6. The molecule has 2 heterocycles. The minimum atomic E-state index is 0.418. The van der Waals surface area contributed by atoms with Gasteiger partial charge in [0.25, 0.3) is 5.88 Å². The zero-order chi connectivity index (χ0) is 11.4. The lowest BCUT2D eigenvalue weighted by molar-refractivity contribution is 0.401. The van der Waals surface area contributed by atoms with Crippen molar-refractivity contribution in [1.82, 2.24) is 14.4 Å². The molecule has 0 aromatic carbocycles. The van der Waals surface area contributed by atoms with Crippen LogP contribution in [0.15, 0.2) is 12.4 Å². The van der Waals surface area contributed by atoms with E-state index in [9.17, 15) is 0 Å². The van der Waals surface area contributed by atoms with Crippen molar-refractivity contribution in [3.63, 3.8) is 0 Å². The monoisotopic (exact) mass is 208 g/mol. The van der Waals surface area contributed by atoms with Gasteiger partial charge < -0.3 is 10.5 Å². The van der Waals surface area contributed by atoms with Gasteiger partial charge in [0.2, 0.25) is 5.65 Å². The maximum atomic E-state index is 5.57. The van der Waals surface area contributed by atoms with E-state index in [1.54, 1.807) is 17.7 Å². The largest absolute Gasteiger partial charge is 0.478 e. The predicted molar refractivity (Wildman–Crippen MR) is 60.0 cm³/mol. The van der Waals surface area contributed by atoms with E-state index < -0.39 is 0 Å². The Balaban J connectivity index is 0.000000531. The zero-order valence-electron chi connectivity index (χ0n) is 9.48. The van der Waals surface area contributed by atoms with Gasteiger partial charge in [0, 0.05) is 6.20 Å². The van der Waals surface area contributed by atoms with E-state index in [2.05, 4.69) is 9.97 Å². The molecule has 5 heteroatoms. The first-order chi connectivity index (χ1) is 7.20. The molecule has 2 aromatic heterocycles. The van der Waals surface area contributed by atoms with Crippen LogP contribution >= 0.6 is 0 Å². The third-order valence-electron chi connectivity index (χ3n) is 1.74. The second-order valence-corrected chi connectivity index (χ2v) is 2.79. The Morgan fingerprint density at radius 3 is 2.53 bits per heavy atom. The molecule has 0 radical (unpaired) electrons. The Bertz CT molecular complexity index is 450. The van der Waals surface area contributed by atoms with Crippen molar-refractivity contribution in [2.75, 3.05) is 12.8 Å². The summed E-state index contributed by atoms with van der Waals surface area (Å²) < 4.78 is 6.85. The molecule has 0 amide bonds. The number of imidazole rings is 1. The van der Waals surface area contributed by atoms with Gasteiger partial charge in [0.1, 0.15) is 5.82 Å². The highest BCUT2D eigenvalue weighted by Crippen LogP contribution is 2.17. The average molecular weight is 208 g/mol. The molecule has 0 unspecified atom stereocenters. The summed E-state index contributed by atoms with van der Waals surface area (Å²) in [5.41, 5.74) is 7.17. The van der Waals surface area contributed by atoms with Crippen LogP contribution in [0.1, 0.15) is 19.5 Å². The molecule has 0 spiro atoms. The SMILES string of the molecule is CC.COc1nc(N)cn2cc(C)nc12. The highest BCUT2D eigenvalue weighted by atomic mass is 16.5. The summed E-state index contributed by atoms with van der Waals surface area (Å²) in [7, 11) is 1.55. The Hall–Kier alpha value is -1.78. The first-order valence-corrected chi connectivity index (χ1v) is 4.86. The molecule has 0 aliphatic heterocycles. The van der Waals surface area contributed by atoms with Crippen LogP contribution in [0.4, 0.5) is 5.82 Å². The highest BCUT2D eigenvalue weighted by Gasteiger charge is 2.06. The van der Waals surface area contributed by atoms with Crippen LogP contribution < -0.4 is 10.5 Å². The van der Waals surface area contributed by atoms with Crippen LogP contribution in [0.5, 0.6) is 5.88 Å². The summed E-state index contributed by atoms with van der Waals surface area (Å²) in [6, 6.07) is 0. The van der Waals surface area contributed by atoms with Crippen LogP contribution in [0.2, 0.25) is 0 Å². The molecule has 0 atom stereocenters. The number of rotatable bonds is 1. The normalized spacial score (nSPS) is 9.60. The minimum absolute atomic E-state index is 0.418. The fourth-order valence-electron chi connectivity index (χ4n) is 1.25. The number of hydrogen-bond acceptors (Lipinski definition) is 4. The molecule has 2 N–H and O–H groups in total. The molecule has 82 valence electrons. The quantitative estimate of drug-likeness (QED) is 0.774. The standard InChI is InChI=1S/C8H10N4O.C2H6/c1-5-3-12-4-6(9)11-8(13-2)7(12)10-5;1-2/h3-4H,9H2,1-2H3;1-2H3. The third-order valence-corrected chi connectivity index (χ3v) is 1.74. The van der Waals surface area contributed by atoms with Gasteiger partial charge in [-0.05, 0) is 6.92 Å². The smallest absolute Gasteiger partial charge is 0.260 e. The topological polar surface area (TPSA) is 65.4 Å². The van der Waals surface area contributed by atoms with Crippen molar-refractivity contribution in [3.8, 4) is 5.88 Å². The van der Waals surface area contributed by atoms with Gasteiger partial charge in [0.05, 0.1) is 19.0 Å². The number of ether oxygens (including phenoxy) is 1. The molecule has 0 saturated heterocycles. The summed E-state index contributed by atoms with van der Waals surface area (Å²) in [5.74, 6) is 0.870. The lowest BCUT2D eigenvalue weighted by Gasteiger charge is -2.01. The van der Waals surface area contributed by atoms with Crippen molar-refractivity contribution in [2.24, 2.45) is 0 Å². The zero-order valence-corrected chi connectivity index (χ0v) is 9.48. The number of nitrogens with zero attached hydrogens (tertiary/aromatic N) is 3. The number of fused-ring (bicyclic) bond motifs is 1. The summed E-state index contributed by atoms with van der Waals surface area (Å²) in [4.78, 5) is 8.25. The average Bonchev–Trinajstić information content (AvgIpc) is 2.60. The first kappa shape index (κ1) is 11.3. The second-order valence-electron chi connectivity index (χ2n) is 2.79. The molecule has 0 fully saturated rings. The number of aromatic nitrogens is 3. The van der Waals surface area contributed by atoms with Gasteiger partial charge in [0.15, 0.2) is 0 Å². The molecule has 15 heavy (non-hydrogen) atoms. The van der Waals surface area contributed by atoms with Crippen molar-refractivity contribution in [2.45, 2.75) is 20.8 Å². The molecule has 0 saturated carbocycles. The molecule has 5 nitrogen and oxygen atoms in total. The van der Waals surface area contributed by atoms with Crippen LogP contribution in [0.3, 0.4) is 0 Å². The van der Waals surface area contributed by atoms with Gasteiger partial charge in [-0.2, -0.15) is 4.98 Å². The minimum Gasteiger partial charge on any atom is -0.478 e. The molecular weight excluding hydrogens is 192 g/mol. The maximum absolute atomic E-state index is 5.57. The van der Waals surface area contributed by atoms with Gasteiger partial charge in [-0.1, -0.05) is 13.8 Å². The van der Waals surface area contributed by atoms with E-state index in [1.165, 1.54) is 0 Å². The molecule has 0 aliphatic carbocycles. The predicted octanol–water partition coefficient (Wildman–Crippen LogP) is 1.65. The summed E-state index contributed by atoms with van der Waals surface area (Å²) in [6.45, 7) is 5.91. The summed E-state index contributed by atoms with van der Waals surface area (Å²) in [6.07, 6.45) is 3.58. The van der Waals surface area contributed by atoms with Gasteiger partial charge in [-0.25, -0.2) is 4.98 Å². The number of aryl methyl sites for hydroxylation is 1. The number of methoxy groups -OCH3 is 1. The second kappa shape index (κ2) is 4.63. The van der Waals surface area contributed by atoms with Crippen LogP contribution in [0.25, 0.3) is 5.65 Å². The maximum Gasteiger partial charge on any atom is 0.260 e. The number of nitrogens with two attached hydrogens (primary N) is 1. The fraction of sp³-hybridized carbons (Fsp3) is 0.400. The van der Waals surface area contributed by atoms with E-state index in [0.717, 1.165) is 5.69 Å². The van der Waals surface area contributed by atoms with Crippen molar-refractivity contribution >= 4 is 11.5 Å². The molecular formula is C10H16N4O. The molecule has 0 aliphatic rings. The highest BCUT2D eigenvalue weighted by molar-refractivity contribution is 5.53. The van der Waals surface area contributed by atoms with Gasteiger partial charge in [-0.15, -0.1) is 0 Å². The van der Waals surface area contributed by atoms with Crippen LogP contribution in [0, 0.1) is 6.92 Å². The van der Waals surface area contributed by atoms with Gasteiger partial charge >= 0.3 is 0 Å². The third kappa shape index (κ3) is 2.18. The lowest BCUT2D eigenvalue weighted by Crippen LogP contribution is -1.98. The van der Waals surface area contributed by atoms with E-state index in [0.29, 0.717) is 17.3 Å². The van der Waals surface area contributed by atoms with E-state index in [-0.39, 0.29) is 0 Å². The summed E-state index contributed by atoms with van der Waals surface area (Å²) >= 11 is 0. The Labute approximate surface area is 88.9 Å². The first-order valence-electron chi connectivity index (χ1n) is 4.86. The van der Waals surface area contributed by atoms with E-state index in [1.807, 2.05) is 27.0 Å². The Kier molecular flexibility index (Phi) is 3.49. The fourth-order valence-corrected chi connectivity index (χ4v) is 1.25. The van der Waals surface area contributed by atoms with Gasteiger partial charge in [-0.3, -0.25) is 4.40 Å².